The molecule has 3 heteroatoms. The molecule has 0 amide bonds. The van der Waals surface area contributed by atoms with Gasteiger partial charge >= 0.3 is 5.97 Å². The van der Waals surface area contributed by atoms with Crippen LogP contribution in [0.1, 0.15) is 24.0 Å². The van der Waals surface area contributed by atoms with Crippen molar-refractivity contribution in [3.63, 3.8) is 0 Å². The van der Waals surface area contributed by atoms with Crippen LogP contribution in [0, 0.1) is 6.92 Å². The molecule has 0 unspecified atom stereocenters. The molecule has 0 aliphatic carbocycles. The number of benzene rings is 1. The number of aliphatic carboxylic acids is 1. The molecule has 0 fully saturated rings. The van der Waals surface area contributed by atoms with Crippen molar-refractivity contribution in [2.75, 3.05) is 0 Å². The highest BCUT2D eigenvalue weighted by Crippen LogP contribution is 2.20. The van der Waals surface area contributed by atoms with Crippen molar-refractivity contribution >= 4 is 17.6 Å². The summed E-state index contributed by atoms with van der Waals surface area (Å²) in [5, 5.41) is 9.24. The van der Waals surface area contributed by atoms with Crippen LogP contribution < -0.4 is 0 Å². The van der Waals surface area contributed by atoms with Crippen LogP contribution in [0.25, 0.3) is 0 Å². The highest BCUT2D eigenvalue weighted by Gasteiger charge is 2.03. The van der Waals surface area contributed by atoms with Gasteiger partial charge in [0.1, 0.15) is 0 Å². The van der Waals surface area contributed by atoms with Gasteiger partial charge in [-0.1, -0.05) is 23.7 Å². The fraction of sp³-hybridized carbons (Fsp3) is 0.364. The Bertz CT molecular complexity index is 334. The van der Waals surface area contributed by atoms with Gasteiger partial charge in [0.2, 0.25) is 0 Å². The number of carboxylic acid groups (broad SMARTS) is 1. The van der Waals surface area contributed by atoms with Crippen LogP contribution in [-0.2, 0) is 11.2 Å². The van der Waals surface area contributed by atoms with Crippen LogP contribution in [0.3, 0.4) is 0 Å². The van der Waals surface area contributed by atoms with Gasteiger partial charge in [0.15, 0.2) is 0 Å². The molecule has 0 radical (unpaired) electrons. The molecule has 0 atom stereocenters. The van der Waals surface area contributed by atoms with Gasteiger partial charge in [-0.2, -0.15) is 0 Å². The van der Waals surface area contributed by atoms with Gasteiger partial charge in [-0.05, 0) is 37.0 Å². The lowest BCUT2D eigenvalue weighted by Gasteiger charge is -2.05. The average molecular weight is 213 g/mol. The number of aryl methyl sites for hydroxylation is 1. The van der Waals surface area contributed by atoms with Crippen LogP contribution >= 0.6 is 11.6 Å². The Morgan fingerprint density at radius 3 is 2.86 bits per heavy atom. The molecule has 0 aromatic heterocycles. The van der Waals surface area contributed by atoms with Crippen molar-refractivity contribution in [3.05, 3.63) is 34.3 Å². The lowest BCUT2D eigenvalue weighted by atomic mass is 10.0. The lowest BCUT2D eigenvalue weighted by Crippen LogP contribution is -1.97. The summed E-state index contributed by atoms with van der Waals surface area (Å²) in [4.78, 5) is 10.3. The van der Waals surface area contributed by atoms with Crippen LogP contribution in [0.4, 0.5) is 0 Å². The Morgan fingerprint density at radius 2 is 2.21 bits per heavy atom. The third-order valence-corrected chi connectivity index (χ3v) is 2.63. The topological polar surface area (TPSA) is 37.3 Å². The minimum atomic E-state index is -0.746. The number of carboxylic acids is 1. The van der Waals surface area contributed by atoms with E-state index in [2.05, 4.69) is 0 Å². The van der Waals surface area contributed by atoms with Gasteiger partial charge in [-0.25, -0.2) is 0 Å². The van der Waals surface area contributed by atoms with Crippen LogP contribution in [0.5, 0.6) is 0 Å². The molecule has 0 aliphatic rings. The van der Waals surface area contributed by atoms with Crippen LogP contribution in [-0.4, -0.2) is 11.1 Å². The summed E-state index contributed by atoms with van der Waals surface area (Å²) in [6, 6.07) is 5.73. The summed E-state index contributed by atoms with van der Waals surface area (Å²) in [5.41, 5.74) is 2.19. The molecule has 0 heterocycles. The minimum Gasteiger partial charge on any atom is -0.481 e. The molecular formula is C11H13ClO2. The molecule has 1 aromatic carbocycles. The van der Waals surface area contributed by atoms with Gasteiger partial charge in [-0.3, -0.25) is 4.79 Å². The average Bonchev–Trinajstić information content (AvgIpc) is 2.12. The predicted octanol–water partition coefficient (Wildman–Crippen LogP) is 3.06. The molecule has 0 aliphatic heterocycles. The molecule has 1 N–H and O–H groups in total. The van der Waals surface area contributed by atoms with Crippen molar-refractivity contribution in [3.8, 4) is 0 Å². The first-order chi connectivity index (χ1) is 6.61. The Labute approximate surface area is 88.5 Å². The quantitative estimate of drug-likeness (QED) is 0.833. The molecule has 0 saturated carbocycles. The summed E-state index contributed by atoms with van der Waals surface area (Å²) in [5.74, 6) is -0.746. The standard InChI is InChI=1S/C11H13ClO2/c1-8-9(4-2-6-10(8)12)5-3-7-11(13)14/h2,4,6H,3,5,7H2,1H3,(H,13,14). The van der Waals surface area contributed by atoms with Crippen molar-refractivity contribution in [1.29, 1.82) is 0 Å². The molecular weight excluding hydrogens is 200 g/mol. The zero-order chi connectivity index (χ0) is 10.6. The second-order valence-electron chi connectivity index (χ2n) is 3.27. The van der Waals surface area contributed by atoms with E-state index in [1.165, 1.54) is 0 Å². The van der Waals surface area contributed by atoms with E-state index in [9.17, 15) is 4.79 Å². The molecule has 0 bridgehead atoms. The third-order valence-electron chi connectivity index (χ3n) is 2.22. The number of halogens is 1. The minimum absolute atomic E-state index is 0.214. The first-order valence-corrected chi connectivity index (χ1v) is 4.95. The van der Waals surface area contributed by atoms with E-state index < -0.39 is 5.97 Å². The SMILES string of the molecule is Cc1c(Cl)cccc1CCCC(=O)O. The number of rotatable bonds is 4. The number of hydrogen-bond donors (Lipinski definition) is 1. The van der Waals surface area contributed by atoms with Gasteiger partial charge in [0.25, 0.3) is 0 Å². The highest BCUT2D eigenvalue weighted by molar-refractivity contribution is 6.31. The lowest BCUT2D eigenvalue weighted by molar-refractivity contribution is -0.137. The fourth-order valence-electron chi connectivity index (χ4n) is 1.35. The Morgan fingerprint density at radius 1 is 1.50 bits per heavy atom. The Hall–Kier alpha value is -1.02. The molecule has 14 heavy (non-hydrogen) atoms. The second kappa shape index (κ2) is 5.01. The van der Waals surface area contributed by atoms with Gasteiger partial charge < -0.3 is 5.11 Å². The van der Waals surface area contributed by atoms with E-state index >= 15 is 0 Å². The zero-order valence-electron chi connectivity index (χ0n) is 8.09. The maximum atomic E-state index is 10.3. The number of carbonyl (C=O) groups is 1. The van der Waals surface area contributed by atoms with Crippen molar-refractivity contribution < 1.29 is 9.90 Å². The predicted molar refractivity (Wildman–Crippen MR) is 56.8 cm³/mol. The summed E-state index contributed by atoms with van der Waals surface area (Å²) in [6.07, 6.45) is 1.65. The smallest absolute Gasteiger partial charge is 0.303 e. The van der Waals surface area contributed by atoms with E-state index in [-0.39, 0.29) is 6.42 Å². The first kappa shape index (κ1) is 11.1. The number of hydrogen-bond acceptors (Lipinski definition) is 1. The largest absolute Gasteiger partial charge is 0.481 e. The van der Waals surface area contributed by atoms with Crippen LogP contribution in [0.15, 0.2) is 18.2 Å². The van der Waals surface area contributed by atoms with E-state index in [4.69, 9.17) is 16.7 Å². The molecule has 0 saturated heterocycles. The first-order valence-electron chi connectivity index (χ1n) is 4.57. The zero-order valence-corrected chi connectivity index (χ0v) is 8.84. The summed E-state index contributed by atoms with van der Waals surface area (Å²) in [7, 11) is 0. The van der Waals surface area contributed by atoms with E-state index in [1.54, 1.807) is 0 Å². The van der Waals surface area contributed by atoms with Gasteiger partial charge in [-0.15, -0.1) is 0 Å². The fourth-order valence-corrected chi connectivity index (χ4v) is 1.55. The van der Waals surface area contributed by atoms with Gasteiger partial charge in [0.05, 0.1) is 0 Å². The van der Waals surface area contributed by atoms with E-state index in [1.807, 2.05) is 25.1 Å². The van der Waals surface area contributed by atoms with Gasteiger partial charge in [0, 0.05) is 11.4 Å². The summed E-state index contributed by atoms with van der Waals surface area (Å²) >= 11 is 5.94. The highest BCUT2D eigenvalue weighted by atomic mass is 35.5. The van der Waals surface area contributed by atoms with E-state index in [0.29, 0.717) is 6.42 Å². The normalized spacial score (nSPS) is 10.1. The van der Waals surface area contributed by atoms with Crippen molar-refractivity contribution in [2.24, 2.45) is 0 Å². The molecule has 1 rings (SSSR count). The summed E-state index contributed by atoms with van der Waals surface area (Å²) in [6.45, 7) is 1.96. The van der Waals surface area contributed by atoms with Crippen LogP contribution in [0.2, 0.25) is 5.02 Å². The maximum absolute atomic E-state index is 10.3. The molecule has 1 aromatic rings. The monoisotopic (exact) mass is 212 g/mol. The second-order valence-corrected chi connectivity index (χ2v) is 3.68. The molecule has 2 nitrogen and oxygen atoms in total. The third kappa shape index (κ3) is 3.04. The Kier molecular flexibility index (Phi) is 3.96. The van der Waals surface area contributed by atoms with Crippen molar-refractivity contribution in [2.45, 2.75) is 26.2 Å². The van der Waals surface area contributed by atoms with E-state index in [0.717, 1.165) is 22.6 Å². The molecule has 0 spiro atoms. The van der Waals surface area contributed by atoms with Crippen molar-refractivity contribution in [1.82, 2.24) is 0 Å². The summed E-state index contributed by atoms with van der Waals surface area (Å²) < 4.78 is 0. The molecule has 76 valence electrons. The maximum Gasteiger partial charge on any atom is 0.303 e. The Balaban J connectivity index is 2.59.